The molecule has 0 bridgehead atoms. The molecule has 0 unspecified atom stereocenters. The summed E-state index contributed by atoms with van der Waals surface area (Å²) in [6.07, 6.45) is 0.209. The Bertz CT molecular complexity index is 610. The molecule has 0 saturated heterocycles. The van der Waals surface area contributed by atoms with Crippen LogP contribution in [0, 0.1) is 6.92 Å². The van der Waals surface area contributed by atoms with Crippen molar-refractivity contribution in [3.05, 3.63) is 59.7 Å². The molecule has 0 aromatic heterocycles. The number of ether oxygens (including phenoxy) is 2. The van der Waals surface area contributed by atoms with Gasteiger partial charge in [-0.25, -0.2) is 0 Å². The molecule has 2 aromatic carbocycles. The van der Waals surface area contributed by atoms with Gasteiger partial charge in [-0.3, -0.25) is 4.79 Å². The number of carbonyl (C=O) groups excluding carboxylic acids is 1. The Kier molecular flexibility index (Phi) is 5.21. The average molecular weight is 285 g/mol. The van der Waals surface area contributed by atoms with Crippen LogP contribution in [0.1, 0.15) is 17.5 Å². The van der Waals surface area contributed by atoms with Crippen LogP contribution < -0.4 is 10.5 Å². The first-order valence-corrected chi connectivity index (χ1v) is 6.83. The van der Waals surface area contributed by atoms with Crippen LogP contribution in [0.5, 0.6) is 5.75 Å². The number of nitrogen functional groups attached to an aromatic ring is 1. The minimum atomic E-state index is -0.276. The van der Waals surface area contributed by atoms with E-state index in [0.29, 0.717) is 18.0 Å². The molecule has 4 heteroatoms. The Morgan fingerprint density at radius 2 is 1.95 bits per heavy atom. The van der Waals surface area contributed by atoms with Gasteiger partial charge in [0.05, 0.1) is 13.0 Å². The molecule has 0 aliphatic heterocycles. The summed E-state index contributed by atoms with van der Waals surface area (Å²) in [7, 11) is 0. The Morgan fingerprint density at radius 3 is 2.71 bits per heavy atom. The molecule has 2 rings (SSSR count). The molecule has 0 amide bonds. The van der Waals surface area contributed by atoms with Gasteiger partial charge in [0.15, 0.2) is 0 Å². The smallest absolute Gasteiger partial charge is 0.309 e. The van der Waals surface area contributed by atoms with Gasteiger partial charge in [0.25, 0.3) is 0 Å². The lowest BCUT2D eigenvalue weighted by Gasteiger charge is -2.08. The standard InChI is InChI=1S/C17H19NO3/c1-13-5-2-3-6-14(13)12-21-17(19)9-10-20-16-8-4-7-15(18)11-16/h2-8,11H,9-10,12,18H2,1H3. The Hall–Kier alpha value is -2.49. The lowest BCUT2D eigenvalue weighted by atomic mass is 10.1. The number of carbonyl (C=O) groups is 1. The Balaban J connectivity index is 1.72. The molecule has 0 saturated carbocycles. The molecular formula is C17H19NO3. The molecule has 21 heavy (non-hydrogen) atoms. The highest BCUT2D eigenvalue weighted by Gasteiger charge is 2.05. The molecule has 0 fully saturated rings. The topological polar surface area (TPSA) is 61.5 Å². The van der Waals surface area contributed by atoms with Crippen molar-refractivity contribution >= 4 is 11.7 Å². The maximum Gasteiger partial charge on any atom is 0.309 e. The van der Waals surface area contributed by atoms with Gasteiger partial charge in [0, 0.05) is 11.8 Å². The van der Waals surface area contributed by atoms with Crippen LogP contribution in [0.4, 0.5) is 5.69 Å². The van der Waals surface area contributed by atoms with Crippen LogP contribution in [-0.2, 0) is 16.1 Å². The van der Waals surface area contributed by atoms with E-state index in [2.05, 4.69) is 0 Å². The normalized spacial score (nSPS) is 10.1. The van der Waals surface area contributed by atoms with Crippen molar-refractivity contribution in [1.82, 2.24) is 0 Å². The highest BCUT2D eigenvalue weighted by Crippen LogP contribution is 2.14. The van der Waals surface area contributed by atoms with Crippen LogP contribution in [0.2, 0.25) is 0 Å². The zero-order valence-electron chi connectivity index (χ0n) is 12.0. The fraction of sp³-hybridized carbons (Fsp3) is 0.235. The number of nitrogens with two attached hydrogens (primary N) is 1. The third kappa shape index (κ3) is 4.84. The maximum atomic E-state index is 11.7. The third-order valence-electron chi connectivity index (χ3n) is 3.08. The number of esters is 1. The summed E-state index contributed by atoms with van der Waals surface area (Å²) in [6, 6.07) is 14.9. The molecule has 0 atom stereocenters. The van der Waals surface area contributed by atoms with Crippen molar-refractivity contribution in [1.29, 1.82) is 0 Å². The molecule has 2 N–H and O–H groups in total. The maximum absolute atomic E-state index is 11.7. The van der Waals surface area contributed by atoms with Crippen LogP contribution in [0.3, 0.4) is 0 Å². The molecule has 0 aliphatic carbocycles. The van der Waals surface area contributed by atoms with Crippen LogP contribution in [0.15, 0.2) is 48.5 Å². The SMILES string of the molecule is Cc1ccccc1COC(=O)CCOc1cccc(N)c1. The van der Waals surface area contributed by atoms with Gasteiger partial charge in [0.2, 0.25) is 0 Å². The van der Waals surface area contributed by atoms with Crippen molar-refractivity contribution in [2.75, 3.05) is 12.3 Å². The van der Waals surface area contributed by atoms with Gasteiger partial charge < -0.3 is 15.2 Å². The minimum Gasteiger partial charge on any atom is -0.493 e. The fourth-order valence-electron chi connectivity index (χ4n) is 1.86. The summed E-state index contributed by atoms with van der Waals surface area (Å²) in [5.74, 6) is 0.379. The van der Waals surface area contributed by atoms with Crippen LogP contribution in [0.25, 0.3) is 0 Å². The lowest BCUT2D eigenvalue weighted by Crippen LogP contribution is -2.10. The van der Waals surface area contributed by atoms with Gasteiger partial charge in [-0.05, 0) is 30.2 Å². The molecule has 2 aromatic rings. The second-order valence-corrected chi connectivity index (χ2v) is 4.76. The first-order chi connectivity index (χ1) is 10.1. The van der Waals surface area contributed by atoms with Crippen LogP contribution in [-0.4, -0.2) is 12.6 Å². The number of anilines is 1. The Labute approximate surface area is 124 Å². The molecule has 0 radical (unpaired) electrons. The second kappa shape index (κ2) is 7.33. The van der Waals surface area contributed by atoms with E-state index in [1.54, 1.807) is 24.3 Å². The first kappa shape index (κ1) is 14.9. The van der Waals surface area contributed by atoms with E-state index in [-0.39, 0.29) is 19.0 Å². The first-order valence-electron chi connectivity index (χ1n) is 6.83. The lowest BCUT2D eigenvalue weighted by molar-refractivity contribution is -0.145. The quantitative estimate of drug-likeness (QED) is 0.654. The monoisotopic (exact) mass is 285 g/mol. The van der Waals surface area contributed by atoms with Crippen molar-refractivity contribution in [3.8, 4) is 5.75 Å². The van der Waals surface area contributed by atoms with Gasteiger partial charge in [-0.1, -0.05) is 30.3 Å². The molecule has 0 heterocycles. The third-order valence-corrected chi connectivity index (χ3v) is 3.08. The summed E-state index contributed by atoms with van der Waals surface area (Å²) in [5.41, 5.74) is 8.41. The summed E-state index contributed by atoms with van der Waals surface area (Å²) in [5, 5.41) is 0. The van der Waals surface area contributed by atoms with E-state index >= 15 is 0 Å². The fourth-order valence-corrected chi connectivity index (χ4v) is 1.86. The number of hydrogen-bond donors (Lipinski definition) is 1. The molecule has 110 valence electrons. The van der Waals surface area contributed by atoms with Gasteiger partial charge in [-0.2, -0.15) is 0 Å². The van der Waals surface area contributed by atoms with E-state index < -0.39 is 0 Å². The van der Waals surface area contributed by atoms with Crippen molar-refractivity contribution in [2.45, 2.75) is 20.0 Å². The summed E-state index contributed by atoms with van der Waals surface area (Å²) in [4.78, 5) is 11.7. The highest BCUT2D eigenvalue weighted by molar-refractivity contribution is 5.69. The van der Waals surface area contributed by atoms with Crippen LogP contribution >= 0.6 is 0 Å². The number of benzene rings is 2. The van der Waals surface area contributed by atoms with E-state index in [9.17, 15) is 4.79 Å². The minimum absolute atomic E-state index is 0.209. The molecular weight excluding hydrogens is 266 g/mol. The summed E-state index contributed by atoms with van der Waals surface area (Å²) in [6.45, 7) is 2.56. The van der Waals surface area contributed by atoms with Crippen molar-refractivity contribution in [3.63, 3.8) is 0 Å². The summed E-state index contributed by atoms with van der Waals surface area (Å²) >= 11 is 0. The zero-order chi connectivity index (χ0) is 15.1. The predicted molar refractivity (Wildman–Crippen MR) is 81.9 cm³/mol. The highest BCUT2D eigenvalue weighted by atomic mass is 16.5. The second-order valence-electron chi connectivity index (χ2n) is 4.76. The van der Waals surface area contributed by atoms with Crippen molar-refractivity contribution < 1.29 is 14.3 Å². The number of aryl methyl sites for hydroxylation is 1. The van der Waals surface area contributed by atoms with Gasteiger partial charge >= 0.3 is 5.97 Å². The summed E-state index contributed by atoms with van der Waals surface area (Å²) < 4.78 is 10.7. The zero-order valence-corrected chi connectivity index (χ0v) is 12.0. The van der Waals surface area contributed by atoms with E-state index in [4.69, 9.17) is 15.2 Å². The largest absolute Gasteiger partial charge is 0.493 e. The predicted octanol–water partition coefficient (Wildman–Crippen LogP) is 3.09. The van der Waals surface area contributed by atoms with E-state index in [0.717, 1.165) is 11.1 Å². The van der Waals surface area contributed by atoms with E-state index in [1.165, 1.54) is 0 Å². The average Bonchev–Trinajstić information content (AvgIpc) is 2.46. The number of hydrogen-bond acceptors (Lipinski definition) is 4. The molecule has 4 nitrogen and oxygen atoms in total. The Morgan fingerprint density at radius 1 is 1.14 bits per heavy atom. The van der Waals surface area contributed by atoms with Gasteiger partial charge in [0.1, 0.15) is 12.4 Å². The van der Waals surface area contributed by atoms with Crippen molar-refractivity contribution in [2.24, 2.45) is 0 Å². The van der Waals surface area contributed by atoms with Gasteiger partial charge in [-0.15, -0.1) is 0 Å². The van der Waals surface area contributed by atoms with E-state index in [1.807, 2.05) is 31.2 Å². The molecule has 0 aliphatic rings. The molecule has 0 spiro atoms. The number of rotatable bonds is 6.